The minimum atomic E-state index is -0.254. The molecule has 0 N–H and O–H groups in total. The maximum absolute atomic E-state index is 12.9. The predicted molar refractivity (Wildman–Crippen MR) is 113 cm³/mol. The number of carbonyl (C=O) groups is 1. The molecule has 2 aromatic carbocycles. The first-order valence-electron chi connectivity index (χ1n) is 9.62. The zero-order chi connectivity index (χ0) is 20.2. The van der Waals surface area contributed by atoms with E-state index in [4.69, 9.17) is 20.8 Å². The van der Waals surface area contributed by atoms with Crippen LogP contribution in [-0.4, -0.2) is 22.1 Å². The zero-order valence-corrected chi connectivity index (χ0v) is 16.9. The highest BCUT2D eigenvalue weighted by atomic mass is 35.5. The van der Waals surface area contributed by atoms with Crippen molar-refractivity contribution in [2.45, 2.75) is 26.2 Å². The number of aromatic nitrogens is 2. The Morgan fingerprint density at radius 1 is 1.17 bits per heavy atom. The number of hydrogen-bond donors (Lipinski definition) is 0. The van der Waals surface area contributed by atoms with Crippen LogP contribution in [0.4, 0.5) is 0 Å². The summed E-state index contributed by atoms with van der Waals surface area (Å²) in [4.78, 5) is 17.1. The summed E-state index contributed by atoms with van der Waals surface area (Å²) in [7, 11) is 0. The molecule has 0 spiro atoms. The molecule has 0 aliphatic carbocycles. The van der Waals surface area contributed by atoms with Gasteiger partial charge in [0.1, 0.15) is 17.8 Å². The molecule has 0 saturated heterocycles. The van der Waals surface area contributed by atoms with Gasteiger partial charge in [-0.2, -0.15) is 0 Å². The van der Waals surface area contributed by atoms with Crippen LogP contribution in [0.1, 0.15) is 41.6 Å². The van der Waals surface area contributed by atoms with Crippen LogP contribution in [0.3, 0.4) is 0 Å². The van der Waals surface area contributed by atoms with Gasteiger partial charge in [0.25, 0.3) is 5.91 Å². The van der Waals surface area contributed by atoms with Crippen molar-refractivity contribution in [2.24, 2.45) is 0 Å². The molecule has 0 amide bonds. The number of hydrogen-bond acceptors (Lipinski definition) is 4. The van der Waals surface area contributed by atoms with Crippen molar-refractivity contribution < 1.29 is 13.9 Å². The number of unbranched alkanes of at least 4 members (excludes halogenated alkanes) is 1. The molecule has 0 aliphatic heterocycles. The minimum absolute atomic E-state index is 0.254. The van der Waals surface area contributed by atoms with E-state index in [1.165, 1.54) is 10.9 Å². The number of fused-ring (bicyclic) bond motifs is 1. The first-order chi connectivity index (χ1) is 14.2. The van der Waals surface area contributed by atoms with Crippen LogP contribution in [0.5, 0.6) is 5.75 Å². The summed E-state index contributed by atoms with van der Waals surface area (Å²) in [5, 5.41) is 0.635. The van der Waals surface area contributed by atoms with Crippen LogP contribution in [0.15, 0.2) is 65.3 Å². The van der Waals surface area contributed by atoms with E-state index in [9.17, 15) is 4.79 Å². The highest BCUT2D eigenvalue weighted by molar-refractivity contribution is 6.30. The van der Waals surface area contributed by atoms with E-state index in [1.807, 2.05) is 48.5 Å². The molecule has 0 bridgehead atoms. The molecular formula is C23H21ClN2O3. The Bertz CT molecular complexity index is 1150. The van der Waals surface area contributed by atoms with Crippen LogP contribution in [0.25, 0.3) is 11.0 Å². The topological polar surface area (TPSA) is 57.3 Å². The summed E-state index contributed by atoms with van der Waals surface area (Å²) in [6.45, 7) is 2.78. The molecule has 0 aliphatic rings. The van der Waals surface area contributed by atoms with Gasteiger partial charge in [0.15, 0.2) is 5.76 Å². The second-order valence-electron chi connectivity index (χ2n) is 6.81. The van der Waals surface area contributed by atoms with Crippen LogP contribution in [0.2, 0.25) is 5.02 Å². The Kier molecular flexibility index (Phi) is 5.67. The number of nitrogens with zero attached hydrogens (tertiary/aromatic N) is 2. The van der Waals surface area contributed by atoms with Gasteiger partial charge in [-0.1, -0.05) is 37.1 Å². The first-order valence-corrected chi connectivity index (χ1v) is 10.00. The predicted octanol–water partition coefficient (Wildman–Crippen LogP) is 5.74. The number of carbonyl (C=O) groups excluding carboxylic acids is 1. The van der Waals surface area contributed by atoms with Crippen LogP contribution in [-0.2, 0) is 6.42 Å². The van der Waals surface area contributed by atoms with Gasteiger partial charge in [0.2, 0.25) is 0 Å². The Labute approximate surface area is 173 Å². The first kappa shape index (κ1) is 19.3. The lowest BCUT2D eigenvalue weighted by Gasteiger charge is -2.11. The number of furan rings is 1. The molecule has 0 fully saturated rings. The molecule has 29 heavy (non-hydrogen) atoms. The Hall–Kier alpha value is -3.05. The molecule has 0 saturated carbocycles. The van der Waals surface area contributed by atoms with Gasteiger partial charge >= 0.3 is 0 Å². The van der Waals surface area contributed by atoms with E-state index < -0.39 is 0 Å². The normalized spacial score (nSPS) is 11.1. The van der Waals surface area contributed by atoms with Crippen molar-refractivity contribution >= 4 is 28.5 Å². The van der Waals surface area contributed by atoms with Gasteiger partial charge in [-0.3, -0.25) is 9.36 Å². The highest BCUT2D eigenvalue weighted by Gasteiger charge is 2.17. The van der Waals surface area contributed by atoms with Crippen LogP contribution < -0.4 is 4.74 Å². The lowest BCUT2D eigenvalue weighted by molar-refractivity contribution is 0.0935. The monoisotopic (exact) mass is 408 g/mol. The largest absolute Gasteiger partial charge is 0.493 e. The standard InChI is InChI=1S/C23H21ClN2O3/c1-2-3-12-28-21-10-8-17(24)13-16(21)14-18-9-11-22(29-18)23(27)26-15-25-19-6-4-5-7-20(19)26/h4-11,13,15H,2-3,12,14H2,1H3. The van der Waals surface area contributed by atoms with Gasteiger partial charge in [0.05, 0.1) is 17.6 Å². The molecule has 5 nitrogen and oxygen atoms in total. The van der Waals surface area contributed by atoms with Crippen molar-refractivity contribution in [3.8, 4) is 5.75 Å². The highest BCUT2D eigenvalue weighted by Crippen LogP contribution is 2.27. The number of imidazole rings is 1. The van der Waals surface area contributed by atoms with Crippen molar-refractivity contribution in [1.82, 2.24) is 9.55 Å². The Morgan fingerprint density at radius 2 is 2.03 bits per heavy atom. The fourth-order valence-corrected chi connectivity index (χ4v) is 3.36. The summed E-state index contributed by atoms with van der Waals surface area (Å²) in [5.74, 6) is 1.46. The molecule has 2 aromatic heterocycles. The second kappa shape index (κ2) is 8.53. The molecular weight excluding hydrogens is 388 g/mol. The fraction of sp³-hybridized carbons (Fsp3) is 0.217. The molecule has 0 unspecified atom stereocenters. The van der Waals surface area contributed by atoms with E-state index >= 15 is 0 Å². The van der Waals surface area contributed by atoms with E-state index in [-0.39, 0.29) is 11.7 Å². The van der Waals surface area contributed by atoms with E-state index in [1.54, 1.807) is 6.07 Å². The van der Waals surface area contributed by atoms with Gasteiger partial charge < -0.3 is 9.15 Å². The van der Waals surface area contributed by atoms with Crippen molar-refractivity contribution in [1.29, 1.82) is 0 Å². The molecule has 0 radical (unpaired) electrons. The molecule has 0 atom stereocenters. The third kappa shape index (κ3) is 4.20. The maximum atomic E-state index is 12.9. The number of para-hydroxylation sites is 2. The lowest BCUT2D eigenvalue weighted by atomic mass is 10.1. The second-order valence-corrected chi connectivity index (χ2v) is 7.24. The van der Waals surface area contributed by atoms with E-state index in [0.29, 0.717) is 23.8 Å². The Morgan fingerprint density at radius 3 is 2.90 bits per heavy atom. The van der Waals surface area contributed by atoms with E-state index in [0.717, 1.165) is 35.2 Å². The summed E-state index contributed by atoms with van der Waals surface area (Å²) < 4.78 is 13.2. The smallest absolute Gasteiger partial charge is 0.299 e. The maximum Gasteiger partial charge on any atom is 0.299 e. The minimum Gasteiger partial charge on any atom is -0.493 e. The van der Waals surface area contributed by atoms with Gasteiger partial charge in [-0.05, 0) is 48.9 Å². The zero-order valence-electron chi connectivity index (χ0n) is 16.1. The van der Waals surface area contributed by atoms with E-state index in [2.05, 4.69) is 11.9 Å². The van der Waals surface area contributed by atoms with Crippen LogP contribution in [0, 0.1) is 0 Å². The number of benzene rings is 2. The third-order valence-electron chi connectivity index (χ3n) is 4.69. The molecule has 4 aromatic rings. The van der Waals surface area contributed by atoms with Crippen molar-refractivity contribution in [3.63, 3.8) is 0 Å². The Balaban J connectivity index is 1.55. The van der Waals surface area contributed by atoms with Gasteiger partial charge in [-0.25, -0.2) is 4.98 Å². The van der Waals surface area contributed by atoms with Gasteiger partial charge in [0, 0.05) is 17.0 Å². The third-order valence-corrected chi connectivity index (χ3v) is 4.92. The number of halogens is 1. The van der Waals surface area contributed by atoms with Crippen molar-refractivity contribution in [3.05, 3.63) is 83.0 Å². The lowest BCUT2D eigenvalue weighted by Crippen LogP contribution is -2.09. The van der Waals surface area contributed by atoms with Crippen molar-refractivity contribution in [2.75, 3.05) is 6.61 Å². The summed E-state index contributed by atoms with van der Waals surface area (Å²) in [5.41, 5.74) is 2.44. The summed E-state index contributed by atoms with van der Waals surface area (Å²) in [6, 6.07) is 16.5. The SMILES string of the molecule is CCCCOc1ccc(Cl)cc1Cc1ccc(C(=O)n2cnc3ccccc32)o1. The van der Waals surface area contributed by atoms with Crippen LogP contribution >= 0.6 is 11.6 Å². The average Bonchev–Trinajstić information content (AvgIpc) is 3.36. The molecule has 6 heteroatoms. The number of ether oxygens (including phenoxy) is 1. The fourth-order valence-electron chi connectivity index (χ4n) is 3.17. The molecule has 4 rings (SSSR count). The number of rotatable bonds is 7. The molecule has 148 valence electrons. The molecule has 2 heterocycles. The summed E-state index contributed by atoms with van der Waals surface area (Å²) in [6.07, 6.45) is 4.06. The average molecular weight is 409 g/mol. The summed E-state index contributed by atoms with van der Waals surface area (Å²) >= 11 is 6.17. The van der Waals surface area contributed by atoms with Gasteiger partial charge in [-0.15, -0.1) is 0 Å². The quantitative estimate of drug-likeness (QED) is 0.366.